The monoisotopic (exact) mass is 425 g/mol. The summed E-state index contributed by atoms with van der Waals surface area (Å²) in [7, 11) is 0. The second-order valence-electron chi connectivity index (χ2n) is 7.91. The van der Waals surface area contributed by atoms with Crippen molar-refractivity contribution < 1.29 is 9.59 Å². The van der Waals surface area contributed by atoms with E-state index in [-0.39, 0.29) is 11.9 Å². The van der Waals surface area contributed by atoms with Crippen molar-refractivity contribution in [2.45, 2.75) is 26.6 Å². The molecule has 1 aliphatic rings. The number of benzene rings is 3. The van der Waals surface area contributed by atoms with E-state index in [9.17, 15) is 9.59 Å². The van der Waals surface area contributed by atoms with Crippen molar-refractivity contribution >= 4 is 28.4 Å². The second kappa shape index (κ2) is 8.19. The average Bonchev–Trinajstić information content (AvgIpc) is 3.39. The maximum absolute atomic E-state index is 12.7. The number of nitrogens with one attached hydrogen (secondary N) is 3. The number of fused-ring (bicyclic) bond motifs is 2. The molecule has 2 heterocycles. The van der Waals surface area contributed by atoms with Crippen molar-refractivity contribution in [3.63, 3.8) is 0 Å². The van der Waals surface area contributed by atoms with Gasteiger partial charge in [-0.2, -0.15) is 5.10 Å². The molecule has 7 heteroatoms. The first-order chi connectivity index (χ1) is 15.6. The molecule has 0 aliphatic carbocycles. The summed E-state index contributed by atoms with van der Waals surface area (Å²) in [6.07, 6.45) is 0. The first-order valence-electron chi connectivity index (χ1n) is 10.5. The van der Waals surface area contributed by atoms with Gasteiger partial charge in [-0.05, 0) is 10.9 Å². The largest absolute Gasteiger partial charge is 0.334 e. The fourth-order valence-electron chi connectivity index (χ4n) is 4.17. The Morgan fingerprint density at radius 2 is 1.78 bits per heavy atom. The Balaban J connectivity index is 1.42. The van der Waals surface area contributed by atoms with Crippen LogP contribution in [0.4, 0.5) is 10.5 Å². The molecule has 0 bridgehead atoms. The predicted molar refractivity (Wildman–Crippen MR) is 124 cm³/mol. The molecule has 5 rings (SSSR count). The Morgan fingerprint density at radius 1 is 1.00 bits per heavy atom. The molecule has 0 atom stereocenters. The van der Waals surface area contributed by atoms with Crippen molar-refractivity contribution in [2.24, 2.45) is 0 Å². The molecule has 160 valence electrons. The SMILES string of the molecule is CC(=O)Nc1c(-c2[nH]nc3c2CN(C(=O)NCc2ccccc2)C3)ccc2ccccc12. The minimum atomic E-state index is -0.138. The van der Waals surface area contributed by atoms with Crippen LogP contribution in [0.15, 0.2) is 66.7 Å². The molecule has 0 spiro atoms. The predicted octanol–water partition coefficient (Wildman–Crippen LogP) is 4.41. The first kappa shape index (κ1) is 19.8. The molecule has 3 N–H and O–H groups in total. The van der Waals surface area contributed by atoms with Crippen molar-refractivity contribution in [3.05, 3.63) is 83.6 Å². The lowest BCUT2D eigenvalue weighted by Crippen LogP contribution is -2.36. The van der Waals surface area contributed by atoms with E-state index in [1.165, 1.54) is 6.92 Å². The van der Waals surface area contributed by atoms with Gasteiger partial charge in [0.25, 0.3) is 0 Å². The van der Waals surface area contributed by atoms with Crippen molar-refractivity contribution in [1.82, 2.24) is 20.4 Å². The van der Waals surface area contributed by atoms with Crippen LogP contribution < -0.4 is 10.6 Å². The summed E-state index contributed by atoms with van der Waals surface area (Å²) in [5.74, 6) is -0.138. The van der Waals surface area contributed by atoms with Gasteiger partial charge >= 0.3 is 6.03 Å². The zero-order valence-corrected chi connectivity index (χ0v) is 17.7. The highest BCUT2D eigenvalue weighted by molar-refractivity contribution is 6.07. The third-order valence-electron chi connectivity index (χ3n) is 5.72. The van der Waals surface area contributed by atoms with E-state index in [1.807, 2.05) is 66.7 Å². The van der Waals surface area contributed by atoms with Gasteiger partial charge in [0.2, 0.25) is 5.91 Å². The number of urea groups is 1. The molecule has 3 aromatic carbocycles. The van der Waals surface area contributed by atoms with Crippen molar-refractivity contribution in [3.8, 4) is 11.3 Å². The minimum absolute atomic E-state index is 0.126. The van der Waals surface area contributed by atoms with E-state index < -0.39 is 0 Å². The number of H-pyrrole nitrogens is 1. The fraction of sp³-hybridized carbons (Fsp3) is 0.160. The van der Waals surface area contributed by atoms with Gasteiger partial charge in [0.15, 0.2) is 0 Å². The summed E-state index contributed by atoms with van der Waals surface area (Å²) >= 11 is 0. The van der Waals surface area contributed by atoms with Crippen LogP contribution in [0.1, 0.15) is 23.7 Å². The fourth-order valence-corrected chi connectivity index (χ4v) is 4.17. The number of anilines is 1. The van der Waals surface area contributed by atoms with Gasteiger partial charge in [-0.15, -0.1) is 0 Å². The van der Waals surface area contributed by atoms with Crippen molar-refractivity contribution in [1.29, 1.82) is 0 Å². The number of carbonyl (C=O) groups excluding carboxylic acids is 2. The number of carbonyl (C=O) groups is 2. The van der Waals surface area contributed by atoms with Gasteiger partial charge in [0, 0.05) is 30.0 Å². The zero-order valence-electron chi connectivity index (χ0n) is 17.7. The van der Waals surface area contributed by atoms with Crippen LogP contribution in [0.5, 0.6) is 0 Å². The number of hydrogen-bond acceptors (Lipinski definition) is 3. The summed E-state index contributed by atoms with van der Waals surface area (Å²) in [5, 5.41) is 15.6. The topological polar surface area (TPSA) is 90.1 Å². The Hall–Kier alpha value is -4.13. The lowest BCUT2D eigenvalue weighted by molar-refractivity contribution is -0.114. The van der Waals surface area contributed by atoms with Crippen LogP contribution in [0.25, 0.3) is 22.0 Å². The van der Waals surface area contributed by atoms with Crippen LogP contribution in [-0.4, -0.2) is 27.0 Å². The zero-order chi connectivity index (χ0) is 22.1. The van der Waals surface area contributed by atoms with E-state index in [4.69, 9.17) is 0 Å². The highest BCUT2D eigenvalue weighted by Gasteiger charge is 2.29. The molecule has 3 amide bonds. The molecule has 0 saturated heterocycles. The first-order valence-corrected chi connectivity index (χ1v) is 10.5. The normalized spacial score (nSPS) is 12.6. The van der Waals surface area contributed by atoms with E-state index in [0.717, 1.165) is 44.5 Å². The lowest BCUT2D eigenvalue weighted by Gasteiger charge is -2.17. The Kier molecular flexibility index (Phi) is 5.07. The highest BCUT2D eigenvalue weighted by atomic mass is 16.2. The third kappa shape index (κ3) is 3.69. The summed E-state index contributed by atoms with van der Waals surface area (Å²) in [6.45, 7) is 2.87. The molecule has 7 nitrogen and oxygen atoms in total. The summed E-state index contributed by atoms with van der Waals surface area (Å²) < 4.78 is 0. The molecule has 0 fully saturated rings. The number of amides is 3. The number of hydrogen-bond donors (Lipinski definition) is 3. The Labute approximate surface area is 185 Å². The molecule has 0 radical (unpaired) electrons. The molecular weight excluding hydrogens is 402 g/mol. The maximum atomic E-state index is 12.7. The Bertz CT molecular complexity index is 1310. The molecule has 1 aliphatic heterocycles. The van der Waals surface area contributed by atoms with E-state index in [0.29, 0.717) is 19.6 Å². The van der Waals surface area contributed by atoms with Gasteiger partial charge in [0.05, 0.1) is 30.2 Å². The van der Waals surface area contributed by atoms with Gasteiger partial charge in [0.1, 0.15) is 0 Å². The van der Waals surface area contributed by atoms with E-state index >= 15 is 0 Å². The second-order valence-corrected chi connectivity index (χ2v) is 7.91. The number of aromatic nitrogens is 2. The Morgan fingerprint density at radius 3 is 2.59 bits per heavy atom. The number of aromatic amines is 1. The maximum Gasteiger partial charge on any atom is 0.318 e. The van der Waals surface area contributed by atoms with Gasteiger partial charge in [-0.3, -0.25) is 9.89 Å². The van der Waals surface area contributed by atoms with Gasteiger partial charge in [-0.25, -0.2) is 4.79 Å². The van der Waals surface area contributed by atoms with Crippen molar-refractivity contribution in [2.75, 3.05) is 5.32 Å². The number of rotatable bonds is 4. The minimum Gasteiger partial charge on any atom is -0.334 e. The molecule has 0 unspecified atom stereocenters. The molecule has 1 aromatic heterocycles. The average molecular weight is 425 g/mol. The third-order valence-corrected chi connectivity index (χ3v) is 5.72. The summed E-state index contributed by atoms with van der Waals surface area (Å²) in [5.41, 5.74) is 5.30. The molecule has 0 saturated carbocycles. The number of nitrogens with zero attached hydrogens (tertiary/aromatic N) is 2. The molecule has 4 aromatic rings. The van der Waals surface area contributed by atoms with E-state index in [1.54, 1.807) is 4.90 Å². The van der Waals surface area contributed by atoms with Crippen LogP contribution >= 0.6 is 0 Å². The van der Waals surface area contributed by atoms with E-state index in [2.05, 4.69) is 20.8 Å². The highest BCUT2D eigenvalue weighted by Crippen LogP contribution is 2.38. The summed E-state index contributed by atoms with van der Waals surface area (Å²) in [6, 6.07) is 21.6. The van der Waals surface area contributed by atoms with Crippen LogP contribution in [0.3, 0.4) is 0 Å². The van der Waals surface area contributed by atoms with Crippen LogP contribution in [0, 0.1) is 0 Å². The van der Waals surface area contributed by atoms with Crippen LogP contribution in [-0.2, 0) is 24.4 Å². The van der Waals surface area contributed by atoms with Crippen LogP contribution in [0.2, 0.25) is 0 Å². The smallest absolute Gasteiger partial charge is 0.318 e. The standard InChI is InChI=1S/C25H23N5O2/c1-16(31)27-23-19-10-6-5-9-18(19)11-12-20(23)24-21-14-30(15-22(21)28-29-24)25(32)26-13-17-7-3-2-4-8-17/h2-12H,13-15H2,1H3,(H,26,32)(H,27,31)(H,28,29). The molecule has 32 heavy (non-hydrogen) atoms. The quantitative estimate of drug-likeness (QED) is 0.452. The molecular formula is C25H23N5O2. The van der Waals surface area contributed by atoms with Gasteiger partial charge in [-0.1, -0.05) is 66.7 Å². The lowest BCUT2D eigenvalue weighted by atomic mass is 9.99. The van der Waals surface area contributed by atoms with Gasteiger partial charge < -0.3 is 15.5 Å². The summed E-state index contributed by atoms with van der Waals surface area (Å²) in [4.78, 5) is 26.4.